The number of hydrogen-bond donors (Lipinski definition) is 0. The normalized spacial score (nSPS) is 15.1. The number of esters is 1. The molecule has 0 spiro atoms. The van der Waals surface area contributed by atoms with Crippen molar-refractivity contribution >= 4 is 17.7 Å². The van der Waals surface area contributed by atoms with Gasteiger partial charge in [0.1, 0.15) is 17.4 Å². The van der Waals surface area contributed by atoms with E-state index in [0.29, 0.717) is 18.3 Å². The number of carbonyl (C=O) groups is 1. The predicted octanol–water partition coefficient (Wildman–Crippen LogP) is 4.57. The Kier molecular flexibility index (Phi) is 8.19. The zero-order valence-electron chi connectivity index (χ0n) is 16.7. The Morgan fingerprint density at radius 3 is 2.56 bits per heavy atom. The smallest absolute Gasteiger partial charge is 0.348 e. The highest BCUT2D eigenvalue weighted by molar-refractivity contribution is 5.98. The minimum atomic E-state index is -0.636. The van der Waals surface area contributed by atoms with Gasteiger partial charge in [-0.3, -0.25) is 0 Å². The summed E-state index contributed by atoms with van der Waals surface area (Å²) in [6.45, 7) is 6.71. The molecule has 5 nitrogen and oxygen atoms in total. The molecule has 27 heavy (non-hydrogen) atoms. The summed E-state index contributed by atoms with van der Waals surface area (Å²) < 4.78 is 10.9. The number of rotatable bonds is 8. The molecule has 0 radical (unpaired) electrons. The summed E-state index contributed by atoms with van der Waals surface area (Å²) in [4.78, 5) is 14.0. The molecule has 0 amide bonds. The molecule has 1 aromatic carbocycles. The molecule has 0 N–H and O–H groups in total. The molecule has 1 saturated carbocycles. The molecule has 1 aliphatic carbocycles. The maximum absolute atomic E-state index is 11.8. The van der Waals surface area contributed by atoms with Crippen LogP contribution < -0.4 is 9.64 Å². The second kappa shape index (κ2) is 10.6. The van der Waals surface area contributed by atoms with Crippen LogP contribution >= 0.6 is 0 Å². The first-order valence-electron chi connectivity index (χ1n) is 9.84. The minimum Gasteiger partial charge on any atom is -0.493 e. The van der Waals surface area contributed by atoms with Gasteiger partial charge in [-0.25, -0.2) is 4.79 Å². The Balaban J connectivity index is 2.31. The lowest BCUT2D eigenvalue weighted by Gasteiger charge is -2.24. The van der Waals surface area contributed by atoms with Crippen LogP contribution in [0.2, 0.25) is 0 Å². The largest absolute Gasteiger partial charge is 0.493 e. The number of anilines is 1. The molecular formula is C22H30N2O3. The van der Waals surface area contributed by atoms with E-state index in [1.165, 1.54) is 39.2 Å². The quantitative estimate of drug-likeness (QED) is 0.381. The molecule has 0 saturated heterocycles. The summed E-state index contributed by atoms with van der Waals surface area (Å²) in [5, 5.41) is 9.26. The number of nitriles is 1. The second-order valence-electron chi connectivity index (χ2n) is 6.87. The predicted molar refractivity (Wildman–Crippen MR) is 108 cm³/mol. The molecule has 0 heterocycles. The van der Waals surface area contributed by atoms with Gasteiger partial charge in [-0.2, -0.15) is 5.26 Å². The summed E-state index contributed by atoms with van der Waals surface area (Å²) in [5.41, 5.74) is 1.77. The van der Waals surface area contributed by atoms with Crippen LogP contribution in [0.15, 0.2) is 23.8 Å². The van der Waals surface area contributed by atoms with E-state index < -0.39 is 5.97 Å². The third-order valence-corrected chi connectivity index (χ3v) is 5.15. The van der Waals surface area contributed by atoms with Crippen LogP contribution in [0.5, 0.6) is 5.75 Å². The van der Waals surface area contributed by atoms with E-state index in [-0.39, 0.29) is 5.57 Å². The highest BCUT2D eigenvalue weighted by atomic mass is 16.5. The topological polar surface area (TPSA) is 62.6 Å². The van der Waals surface area contributed by atoms with E-state index in [0.717, 1.165) is 24.3 Å². The zero-order valence-corrected chi connectivity index (χ0v) is 16.7. The Labute approximate surface area is 162 Å². The zero-order chi connectivity index (χ0) is 19.6. The van der Waals surface area contributed by atoms with Crippen molar-refractivity contribution in [3.05, 3.63) is 29.3 Å². The number of hydrogen-bond acceptors (Lipinski definition) is 5. The highest BCUT2D eigenvalue weighted by Gasteiger charge is 2.17. The number of ether oxygens (including phenoxy) is 2. The van der Waals surface area contributed by atoms with Gasteiger partial charge in [-0.05, 0) is 50.8 Å². The number of methoxy groups -OCH3 is 1. The lowest BCUT2D eigenvalue weighted by Crippen LogP contribution is -2.22. The Morgan fingerprint density at radius 1 is 1.26 bits per heavy atom. The molecule has 0 aliphatic heterocycles. The van der Waals surface area contributed by atoms with E-state index in [4.69, 9.17) is 4.74 Å². The molecule has 1 aliphatic rings. The first-order chi connectivity index (χ1) is 13.1. The Hall–Kier alpha value is -2.48. The van der Waals surface area contributed by atoms with E-state index >= 15 is 0 Å². The Morgan fingerprint density at radius 2 is 1.96 bits per heavy atom. The van der Waals surface area contributed by atoms with Crippen LogP contribution in [0.3, 0.4) is 0 Å². The van der Waals surface area contributed by atoms with Crippen LogP contribution in [-0.2, 0) is 9.53 Å². The maximum atomic E-state index is 11.8. The average Bonchev–Trinajstić information content (AvgIpc) is 2.72. The number of benzene rings is 1. The molecule has 5 heteroatoms. The second-order valence-corrected chi connectivity index (χ2v) is 6.87. The Bertz CT molecular complexity index is 696. The SMILES string of the molecule is CCN(CC)c1ccc(C=C(C#N)C(=O)OC)c(OCC2CCCCC2)c1. The number of nitrogens with zero attached hydrogens (tertiary/aromatic N) is 2. The van der Waals surface area contributed by atoms with Crippen molar-refractivity contribution in [2.45, 2.75) is 46.0 Å². The molecule has 0 unspecified atom stereocenters. The van der Waals surface area contributed by atoms with Crippen molar-refractivity contribution in [3.8, 4) is 11.8 Å². The monoisotopic (exact) mass is 370 g/mol. The summed E-state index contributed by atoms with van der Waals surface area (Å²) in [6.07, 6.45) is 7.79. The van der Waals surface area contributed by atoms with Gasteiger partial charge in [0.2, 0.25) is 0 Å². The molecule has 1 fully saturated rings. The first kappa shape index (κ1) is 20.8. The number of carbonyl (C=O) groups excluding carboxylic acids is 1. The van der Waals surface area contributed by atoms with Crippen molar-refractivity contribution in [2.24, 2.45) is 5.92 Å². The maximum Gasteiger partial charge on any atom is 0.348 e. The van der Waals surface area contributed by atoms with Gasteiger partial charge >= 0.3 is 5.97 Å². The van der Waals surface area contributed by atoms with E-state index in [9.17, 15) is 10.1 Å². The molecule has 0 bridgehead atoms. The van der Waals surface area contributed by atoms with E-state index in [2.05, 4.69) is 23.5 Å². The van der Waals surface area contributed by atoms with Crippen molar-refractivity contribution < 1.29 is 14.3 Å². The fraction of sp³-hybridized carbons (Fsp3) is 0.545. The standard InChI is InChI=1S/C22H30N2O3/c1-4-24(5-2)20-12-11-18(13-19(15-23)22(25)26-3)21(14-20)27-16-17-9-7-6-8-10-17/h11-14,17H,4-10,16H2,1-3H3. The first-order valence-corrected chi connectivity index (χ1v) is 9.84. The summed E-state index contributed by atoms with van der Waals surface area (Å²) in [5.74, 6) is 0.647. The van der Waals surface area contributed by atoms with Gasteiger partial charge in [0, 0.05) is 30.4 Å². The van der Waals surface area contributed by atoms with Crippen LogP contribution in [-0.4, -0.2) is 32.8 Å². The lowest BCUT2D eigenvalue weighted by molar-refractivity contribution is -0.135. The van der Waals surface area contributed by atoms with Gasteiger partial charge < -0.3 is 14.4 Å². The van der Waals surface area contributed by atoms with Gasteiger partial charge in [-0.1, -0.05) is 19.3 Å². The van der Waals surface area contributed by atoms with Gasteiger partial charge in [0.15, 0.2) is 0 Å². The van der Waals surface area contributed by atoms with Crippen molar-refractivity contribution in [3.63, 3.8) is 0 Å². The van der Waals surface area contributed by atoms with Crippen molar-refractivity contribution in [2.75, 3.05) is 31.7 Å². The summed E-state index contributed by atoms with van der Waals surface area (Å²) >= 11 is 0. The average molecular weight is 370 g/mol. The van der Waals surface area contributed by atoms with Gasteiger partial charge in [0.25, 0.3) is 0 Å². The lowest BCUT2D eigenvalue weighted by atomic mass is 9.90. The molecule has 2 rings (SSSR count). The van der Waals surface area contributed by atoms with Crippen LogP contribution in [0, 0.1) is 17.2 Å². The third kappa shape index (κ3) is 5.75. The molecule has 1 aromatic rings. The van der Waals surface area contributed by atoms with Crippen LogP contribution in [0.1, 0.15) is 51.5 Å². The molecule has 0 atom stereocenters. The summed E-state index contributed by atoms with van der Waals surface area (Å²) in [7, 11) is 1.28. The fourth-order valence-electron chi connectivity index (χ4n) is 3.52. The van der Waals surface area contributed by atoms with Crippen molar-refractivity contribution in [1.29, 1.82) is 5.26 Å². The van der Waals surface area contributed by atoms with E-state index in [1.54, 1.807) is 6.08 Å². The molecule has 0 aromatic heterocycles. The van der Waals surface area contributed by atoms with Crippen LogP contribution in [0.25, 0.3) is 6.08 Å². The fourth-order valence-corrected chi connectivity index (χ4v) is 3.52. The molecule has 146 valence electrons. The van der Waals surface area contributed by atoms with E-state index in [1.807, 2.05) is 24.3 Å². The van der Waals surface area contributed by atoms with Crippen molar-refractivity contribution in [1.82, 2.24) is 0 Å². The summed E-state index contributed by atoms with van der Waals surface area (Å²) in [6, 6.07) is 7.83. The highest BCUT2D eigenvalue weighted by Crippen LogP contribution is 2.30. The van der Waals surface area contributed by atoms with Crippen LogP contribution in [0.4, 0.5) is 5.69 Å². The van der Waals surface area contributed by atoms with Gasteiger partial charge in [0.05, 0.1) is 13.7 Å². The molecular weight excluding hydrogens is 340 g/mol. The third-order valence-electron chi connectivity index (χ3n) is 5.15. The minimum absolute atomic E-state index is 0.0318. The van der Waals surface area contributed by atoms with Gasteiger partial charge in [-0.15, -0.1) is 0 Å².